The smallest absolute Gasteiger partial charge is 0.261 e. The molecule has 0 radical (unpaired) electrons. The number of amides is 1. The molecule has 0 aliphatic rings. The maximum atomic E-state index is 12.6. The van der Waals surface area contributed by atoms with Crippen LogP contribution in [0.2, 0.25) is 5.02 Å². The minimum atomic E-state index is -0.618. The van der Waals surface area contributed by atoms with Gasteiger partial charge in [-0.1, -0.05) is 48.0 Å². The second-order valence-corrected chi connectivity index (χ2v) is 7.00. The number of benzene rings is 2. The molecule has 1 aromatic heterocycles. The molecule has 0 bridgehead atoms. The summed E-state index contributed by atoms with van der Waals surface area (Å²) in [6.45, 7) is 1.74. The third kappa shape index (κ3) is 4.62. The highest BCUT2D eigenvalue weighted by Gasteiger charge is 2.22. The number of halogens is 1. The van der Waals surface area contributed by atoms with Gasteiger partial charge in [-0.2, -0.15) is 0 Å². The summed E-state index contributed by atoms with van der Waals surface area (Å²) in [5, 5.41) is 5.72. The van der Waals surface area contributed by atoms with Crippen LogP contribution in [0.5, 0.6) is 5.75 Å². The molecule has 0 saturated heterocycles. The molecule has 1 heterocycles. The van der Waals surface area contributed by atoms with Crippen LogP contribution < -0.4 is 10.1 Å². The molecule has 0 saturated carbocycles. The Kier molecular flexibility index (Phi) is 5.74. The fraction of sp³-hybridized carbons (Fsp3) is 0.150. The van der Waals surface area contributed by atoms with E-state index in [1.165, 1.54) is 0 Å². The van der Waals surface area contributed by atoms with Crippen LogP contribution in [0.4, 0.5) is 0 Å². The molecule has 5 heteroatoms. The van der Waals surface area contributed by atoms with Gasteiger partial charge in [0.2, 0.25) is 0 Å². The first-order valence-corrected chi connectivity index (χ1v) is 9.20. The van der Waals surface area contributed by atoms with Crippen molar-refractivity contribution in [2.45, 2.75) is 19.1 Å². The monoisotopic (exact) mass is 371 g/mol. The topological polar surface area (TPSA) is 38.3 Å². The van der Waals surface area contributed by atoms with E-state index in [0.29, 0.717) is 10.8 Å². The van der Waals surface area contributed by atoms with E-state index in [0.717, 1.165) is 10.4 Å². The molecule has 2 aromatic carbocycles. The lowest BCUT2D eigenvalue weighted by Gasteiger charge is -2.21. The molecule has 0 aliphatic carbocycles. The molecule has 0 spiro atoms. The van der Waals surface area contributed by atoms with Crippen molar-refractivity contribution in [3.63, 3.8) is 0 Å². The third-order valence-corrected chi connectivity index (χ3v) is 4.93. The molecule has 3 aromatic rings. The van der Waals surface area contributed by atoms with Crippen molar-refractivity contribution >= 4 is 28.8 Å². The summed E-state index contributed by atoms with van der Waals surface area (Å²) < 4.78 is 5.72. The van der Waals surface area contributed by atoms with Crippen molar-refractivity contribution < 1.29 is 9.53 Å². The van der Waals surface area contributed by atoms with Crippen molar-refractivity contribution in [1.29, 1.82) is 0 Å². The predicted molar refractivity (Wildman–Crippen MR) is 102 cm³/mol. The highest BCUT2D eigenvalue weighted by molar-refractivity contribution is 7.10. The first-order valence-electron chi connectivity index (χ1n) is 7.94. The second kappa shape index (κ2) is 8.19. The van der Waals surface area contributed by atoms with Gasteiger partial charge >= 0.3 is 0 Å². The van der Waals surface area contributed by atoms with Crippen LogP contribution in [0.15, 0.2) is 72.1 Å². The maximum absolute atomic E-state index is 12.6. The standard InChI is InChI=1S/C20H18ClNO2S/c1-14(24-17-11-9-16(21)10-12-17)20(23)22-19(18-8-5-13-25-18)15-6-3-2-4-7-15/h2-14,19H,1H3,(H,22,23)/t14-,19+/m1/s1. The van der Waals surface area contributed by atoms with Crippen LogP contribution in [0, 0.1) is 0 Å². The number of nitrogens with one attached hydrogen (secondary N) is 1. The molecule has 3 rings (SSSR count). The number of carbonyl (C=O) groups excluding carboxylic acids is 1. The van der Waals surface area contributed by atoms with Gasteiger partial charge < -0.3 is 10.1 Å². The van der Waals surface area contributed by atoms with Crippen LogP contribution in [0.3, 0.4) is 0 Å². The molecule has 1 amide bonds. The molecule has 0 unspecified atom stereocenters. The summed E-state index contributed by atoms with van der Waals surface area (Å²) in [6.07, 6.45) is -0.618. The van der Waals surface area contributed by atoms with E-state index < -0.39 is 6.10 Å². The first-order chi connectivity index (χ1) is 12.1. The van der Waals surface area contributed by atoms with Crippen LogP contribution >= 0.6 is 22.9 Å². The fourth-order valence-corrected chi connectivity index (χ4v) is 3.38. The van der Waals surface area contributed by atoms with Gasteiger partial charge in [0.25, 0.3) is 5.91 Å². The van der Waals surface area contributed by atoms with Gasteiger partial charge in [-0.15, -0.1) is 11.3 Å². The van der Waals surface area contributed by atoms with Crippen molar-refractivity contribution in [2.24, 2.45) is 0 Å². The Morgan fingerprint density at radius 3 is 2.40 bits per heavy atom. The third-order valence-electron chi connectivity index (χ3n) is 3.74. The van der Waals surface area contributed by atoms with Gasteiger partial charge in [0.15, 0.2) is 6.10 Å². The average Bonchev–Trinajstić information content (AvgIpc) is 3.16. The Morgan fingerprint density at radius 1 is 1.04 bits per heavy atom. The Balaban J connectivity index is 1.73. The number of carbonyl (C=O) groups is 1. The predicted octanol–water partition coefficient (Wildman–Crippen LogP) is 5.07. The zero-order valence-corrected chi connectivity index (χ0v) is 15.3. The second-order valence-electron chi connectivity index (χ2n) is 5.58. The Morgan fingerprint density at radius 2 is 1.76 bits per heavy atom. The van der Waals surface area contributed by atoms with Gasteiger partial charge in [0.05, 0.1) is 6.04 Å². The Bertz CT molecular complexity index is 803. The van der Waals surface area contributed by atoms with Gasteiger partial charge in [-0.05, 0) is 48.2 Å². The quantitative estimate of drug-likeness (QED) is 0.656. The fourth-order valence-electron chi connectivity index (χ4n) is 2.45. The highest BCUT2D eigenvalue weighted by atomic mass is 35.5. The van der Waals surface area contributed by atoms with E-state index in [4.69, 9.17) is 16.3 Å². The normalized spacial score (nSPS) is 13.0. The number of thiophene rings is 1. The molecule has 128 valence electrons. The molecular weight excluding hydrogens is 354 g/mol. The van der Waals surface area contributed by atoms with Crippen LogP contribution in [0.1, 0.15) is 23.4 Å². The number of hydrogen-bond donors (Lipinski definition) is 1. The lowest BCUT2D eigenvalue weighted by Crippen LogP contribution is -2.38. The highest BCUT2D eigenvalue weighted by Crippen LogP contribution is 2.26. The first kappa shape index (κ1) is 17.5. The summed E-state index contributed by atoms with van der Waals surface area (Å²) >= 11 is 7.49. The van der Waals surface area contributed by atoms with E-state index in [2.05, 4.69) is 5.32 Å². The molecular formula is C20H18ClNO2S. The van der Waals surface area contributed by atoms with E-state index in [1.54, 1.807) is 42.5 Å². The Hall–Kier alpha value is -2.30. The van der Waals surface area contributed by atoms with Crippen molar-refractivity contribution in [3.05, 3.63) is 87.6 Å². The number of ether oxygens (including phenoxy) is 1. The minimum Gasteiger partial charge on any atom is -0.481 e. The molecule has 3 nitrogen and oxygen atoms in total. The van der Waals surface area contributed by atoms with Crippen LogP contribution in [-0.4, -0.2) is 12.0 Å². The summed E-state index contributed by atoms with van der Waals surface area (Å²) in [5.74, 6) is 0.441. The van der Waals surface area contributed by atoms with E-state index >= 15 is 0 Å². The van der Waals surface area contributed by atoms with Crippen LogP contribution in [0.25, 0.3) is 0 Å². The van der Waals surface area contributed by atoms with E-state index in [-0.39, 0.29) is 11.9 Å². The summed E-state index contributed by atoms with van der Waals surface area (Å²) in [4.78, 5) is 13.7. The van der Waals surface area contributed by atoms with Gasteiger partial charge in [0, 0.05) is 9.90 Å². The Labute approximate surface area is 156 Å². The molecule has 2 atom stereocenters. The van der Waals surface area contributed by atoms with E-state index in [9.17, 15) is 4.79 Å². The van der Waals surface area contributed by atoms with Crippen molar-refractivity contribution in [1.82, 2.24) is 5.32 Å². The molecule has 0 fully saturated rings. The van der Waals surface area contributed by atoms with Gasteiger partial charge in [-0.3, -0.25) is 4.79 Å². The SMILES string of the molecule is C[C@@H](Oc1ccc(Cl)cc1)C(=O)N[C@@H](c1ccccc1)c1cccs1. The van der Waals surface area contributed by atoms with Crippen LogP contribution in [-0.2, 0) is 4.79 Å². The lowest BCUT2D eigenvalue weighted by atomic mass is 10.1. The molecule has 1 N–H and O–H groups in total. The summed E-state index contributed by atoms with van der Waals surface area (Å²) in [6, 6.07) is 20.7. The van der Waals surface area contributed by atoms with Gasteiger partial charge in [0.1, 0.15) is 5.75 Å². The molecule has 0 aliphatic heterocycles. The van der Waals surface area contributed by atoms with Gasteiger partial charge in [-0.25, -0.2) is 0 Å². The summed E-state index contributed by atoms with van der Waals surface area (Å²) in [7, 11) is 0. The molecule has 25 heavy (non-hydrogen) atoms. The lowest BCUT2D eigenvalue weighted by molar-refractivity contribution is -0.127. The largest absolute Gasteiger partial charge is 0.481 e. The zero-order chi connectivity index (χ0) is 17.6. The van der Waals surface area contributed by atoms with E-state index in [1.807, 2.05) is 47.8 Å². The van der Waals surface area contributed by atoms with Crippen molar-refractivity contribution in [2.75, 3.05) is 0 Å². The zero-order valence-electron chi connectivity index (χ0n) is 13.7. The maximum Gasteiger partial charge on any atom is 0.261 e. The minimum absolute atomic E-state index is 0.169. The number of hydrogen-bond acceptors (Lipinski definition) is 3. The van der Waals surface area contributed by atoms with Crippen molar-refractivity contribution in [3.8, 4) is 5.75 Å². The summed E-state index contributed by atoms with van der Waals surface area (Å²) in [5.41, 5.74) is 1.04. The number of rotatable bonds is 6. The average molecular weight is 372 g/mol.